The SMILES string of the molecule is c1ccc(-c2ccc(-c3csc4ncnc(NCCCN5CCOCC5)c34)cc2)cc1. The molecule has 0 unspecified atom stereocenters. The summed E-state index contributed by atoms with van der Waals surface area (Å²) in [5, 5.41) is 6.87. The van der Waals surface area contributed by atoms with Crippen molar-refractivity contribution in [1.29, 1.82) is 0 Å². The van der Waals surface area contributed by atoms with Gasteiger partial charge in [0.2, 0.25) is 0 Å². The number of nitrogens with one attached hydrogen (secondary N) is 1. The van der Waals surface area contributed by atoms with Crippen LogP contribution in [0.4, 0.5) is 5.82 Å². The van der Waals surface area contributed by atoms with E-state index in [4.69, 9.17) is 4.74 Å². The molecule has 5 rings (SSSR count). The van der Waals surface area contributed by atoms with E-state index >= 15 is 0 Å². The second kappa shape index (κ2) is 9.56. The number of hydrogen-bond acceptors (Lipinski definition) is 6. The van der Waals surface area contributed by atoms with E-state index in [2.05, 4.69) is 74.1 Å². The Bertz CT molecular complexity index is 1120. The van der Waals surface area contributed by atoms with Crippen molar-refractivity contribution < 1.29 is 4.74 Å². The summed E-state index contributed by atoms with van der Waals surface area (Å²) < 4.78 is 5.43. The molecule has 0 aliphatic carbocycles. The highest BCUT2D eigenvalue weighted by Crippen LogP contribution is 2.37. The molecule has 0 bridgehead atoms. The molecule has 1 aliphatic heterocycles. The monoisotopic (exact) mass is 430 g/mol. The quantitative estimate of drug-likeness (QED) is 0.411. The summed E-state index contributed by atoms with van der Waals surface area (Å²) in [5.41, 5.74) is 4.84. The summed E-state index contributed by atoms with van der Waals surface area (Å²) in [6.07, 6.45) is 2.74. The summed E-state index contributed by atoms with van der Waals surface area (Å²) in [5.74, 6) is 0.926. The van der Waals surface area contributed by atoms with Gasteiger partial charge in [0.1, 0.15) is 17.0 Å². The van der Waals surface area contributed by atoms with Crippen LogP contribution in [0.1, 0.15) is 6.42 Å². The third-order valence-electron chi connectivity index (χ3n) is 5.72. The lowest BCUT2D eigenvalue weighted by Gasteiger charge is -2.26. The second-order valence-corrected chi connectivity index (χ2v) is 8.59. The van der Waals surface area contributed by atoms with Crippen LogP contribution in [0.2, 0.25) is 0 Å². The number of benzene rings is 2. The van der Waals surface area contributed by atoms with Crippen LogP contribution in [0.5, 0.6) is 0 Å². The molecular weight excluding hydrogens is 404 g/mol. The molecule has 4 aromatic rings. The van der Waals surface area contributed by atoms with Crippen molar-refractivity contribution in [3.8, 4) is 22.3 Å². The van der Waals surface area contributed by atoms with E-state index in [1.165, 1.54) is 22.3 Å². The van der Waals surface area contributed by atoms with Gasteiger partial charge in [0.05, 0.1) is 18.6 Å². The van der Waals surface area contributed by atoms with Gasteiger partial charge in [0.15, 0.2) is 0 Å². The molecule has 1 fully saturated rings. The van der Waals surface area contributed by atoms with Crippen molar-refractivity contribution in [2.75, 3.05) is 44.7 Å². The van der Waals surface area contributed by atoms with Crippen molar-refractivity contribution in [3.05, 3.63) is 66.3 Å². The molecule has 2 aromatic heterocycles. The summed E-state index contributed by atoms with van der Waals surface area (Å²) in [4.78, 5) is 12.6. The topological polar surface area (TPSA) is 50.3 Å². The smallest absolute Gasteiger partial charge is 0.138 e. The molecule has 0 amide bonds. The number of fused-ring (bicyclic) bond motifs is 1. The highest BCUT2D eigenvalue weighted by molar-refractivity contribution is 7.17. The molecule has 0 atom stereocenters. The Morgan fingerprint density at radius 1 is 0.903 bits per heavy atom. The van der Waals surface area contributed by atoms with Gasteiger partial charge in [0, 0.05) is 30.6 Å². The maximum Gasteiger partial charge on any atom is 0.138 e. The number of rotatable bonds is 7. The van der Waals surface area contributed by atoms with E-state index in [1.807, 2.05) is 6.07 Å². The van der Waals surface area contributed by atoms with Gasteiger partial charge in [-0.3, -0.25) is 4.90 Å². The van der Waals surface area contributed by atoms with Gasteiger partial charge in [-0.1, -0.05) is 54.6 Å². The predicted molar refractivity (Wildman–Crippen MR) is 129 cm³/mol. The minimum absolute atomic E-state index is 0.848. The largest absolute Gasteiger partial charge is 0.379 e. The summed E-state index contributed by atoms with van der Waals surface area (Å²) >= 11 is 1.67. The maximum absolute atomic E-state index is 5.43. The van der Waals surface area contributed by atoms with E-state index < -0.39 is 0 Å². The Balaban J connectivity index is 1.32. The maximum atomic E-state index is 5.43. The zero-order valence-corrected chi connectivity index (χ0v) is 18.3. The number of morpholine rings is 1. The lowest BCUT2D eigenvalue weighted by Crippen LogP contribution is -2.37. The fraction of sp³-hybridized carbons (Fsp3) is 0.280. The number of thiophene rings is 1. The molecule has 0 saturated carbocycles. The molecule has 158 valence electrons. The Morgan fingerprint density at radius 2 is 1.65 bits per heavy atom. The molecule has 1 saturated heterocycles. The minimum Gasteiger partial charge on any atom is -0.379 e. The zero-order chi connectivity index (χ0) is 20.9. The number of ether oxygens (including phenoxy) is 1. The zero-order valence-electron chi connectivity index (χ0n) is 17.5. The van der Waals surface area contributed by atoms with Crippen molar-refractivity contribution in [2.45, 2.75) is 6.42 Å². The Hall–Kier alpha value is -2.80. The second-order valence-electron chi connectivity index (χ2n) is 7.73. The predicted octanol–water partition coefficient (Wildman–Crippen LogP) is 5.16. The van der Waals surface area contributed by atoms with E-state index in [0.29, 0.717) is 0 Å². The third kappa shape index (κ3) is 4.61. The van der Waals surface area contributed by atoms with Crippen LogP contribution in [0.15, 0.2) is 66.3 Å². The van der Waals surface area contributed by atoms with Crippen LogP contribution in [0.25, 0.3) is 32.5 Å². The molecule has 5 nitrogen and oxygen atoms in total. The normalized spacial score (nSPS) is 14.7. The molecule has 0 radical (unpaired) electrons. The Kier molecular flexibility index (Phi) is 6.20. The molecule has 3 heterocycles. The summed E-state index contributed by atoms with van der Waals surface area (Å²) in [6, 6.07) is 19.2. The number of anilines is 1. The molecule has 6 heteroatoms. The van der Waals surface area contributed by atoms with Crippen molar-refractivity contribution in [1.82, 2.24) is 14.9 Å². The van der Waals surface area contributed by atoms with Gasteiger partial charge in [0.25, 0.3) is 0 Å². The Morgan fingerprint density at radius 3 is 2.45 bits per heavy atom. The lowest BCUT2D eigenvalue weighted by atomic mass is 10.0. The van der Waals surface area contributed by atoms with Crippen LogP contribution < -0.4 is 5.32 Å². The molecule has 1 N–H and O–H groups in total. The van der Waals surface area contributed by atoms with E-state index in [1.54, 1.807) is 17.7 Å². The average Bonchev–Trinajstić information content (AvgIpc) is 3.28. The van der Waals surface area contributed by atoms with Crippen LogP contribution in [0.3, 0.4) is 0 Å². The fourth-order valence-corrected chi connectivity index (χ4v) is 4.94. The Labute approximate surface area is 186 Å². The highest BCUT2D eigenvalue weighted by Gasteiger charge is 2.14. The van der Waals surface area contributed by atoms with Gasteiger partial charge in [-0.15, -0.1) is 11.3 Å². The molecule has 31 heavy (non-hydrogen) atoms. The molecule has 1 aliphatic rings. The molecule has 0 spiro atoms. The van der Waals surface area contributed by atoms with Crippen molar-refractivity contribution >= 4 is 27.4 Å². The lowest BCUT2D eigenvalue weighted by molar-refractivity contribution is 0.0378. The highest BCUT2D eigenvalue weighted by atomic mass is 32.1. The van der Waals surface area contributed by atoms with Gasteiger partial charge in [-0.25, -0.2) is 9.97 Å². The number of aromatic nitrogens is 2. The minimum atomic E-state index is 0.848. The first kappa shape index (κ1) is 20.1. The van der Waals surface area contributed by atoms with Crippen LogP contribution in [0, 0.1) is 0 Å². The summed E-state index contributed by atoms with van der Waals surface area (Å²) in [7, 11) is 0. The molecular formula is C25H26N4OS. The van der Waals surface area contributed by atoms with Crippen LogP contribution >= 0.6 is 11.3 Å². The summed E-state index contributed by atoms with van der Waals surface area (Å²) in [6.45, 7) is 5.74. The standard InChI is InChI=1S/C25H26N4OS/c1-2-5-19(6-3-1)20-7-9-21(10-8-20)22-17-31-25-23(22)24(27-18-28-25)26-11-4-12-29-13-15-30-16-14-29/h1-3,5-10,17-18H,4,11-16H2,(H,26,27,28). The molecule has 2 aromatic carbocycles. The van der Waals surface area contributed by atoms with Gasteiger partial charge >= 0.3 is 0 Å². The van der Waals surface area contributed by atoms with E-state index in [0.717, 1.165) is 61.8 Å². The average molecular weight is 431 g/mol. The van der Waals surface area contributed by atoms with E-state index in [-0.39, 0.29) is 0 Å². The van der Waals surface area contributed by atoms with Crippen molar-refractivity contribution in [2.24, 2.45) is 0 Å². The van der Waals surface area contributed by atoms with Crippen LogP contribution in [-0.4, -0.2) is 54.3 Å². The van der Waals surface area contributed by atoms with Gasteiger partial charge in [-0.2, -0.15) is 0 Å². The first-order valence-electron chi connectivity index (χ1n) is 10.8. The van der Waals surface area contributed by atoms with Gasteiger partial charge in [-0.05, 0) is 29.7 Å². The first-order chi connectivity index (χ1) is 15.4. The van der Waals surface area contributed by atoms with Crippen molar-refractivity contribution in [3.63, 3.8) is 0 Å². The third-order valence-corrected chi connectivity index (χ3v) is 6.61. The number of nitrogens with zero attached hydrogens (tertiary/aromatic N) is 3. The van der Waals surface area contributed by atoms with E-state index in [9.17, 15) is 0 Å². The van der Waals surface area contributed by atoms with Crippen LogP contribution in [-0.2, 0) is 4.74 Å². The number of hydrogen-bond donors (Lipinski definition) is 1. The first-order valence-corrected chi connectivity index (χ1v) is 11.7. The fourth-order valence-electron chi connectivity index (χ4n) is 4.03. The van der Waals surface area contributed by atoms with Gasteiger partial charge < -0.3 is 10.1 Å².